The fourth-order valence-electron chi connectivity index (χ4n) is 1.69. The number of sulfonamides is 1. The Labute approximate surface area is 102 Å². The van der Waals surface area contributed by atoms with Gasteiger partial charge in [0.2, 0.25) is 10.0 Å². The fraction of sp³-hybridized carbons (Fsp3) is 0.455. The van der Waals surface area contributed by atoms with Gasteiger partial charge in [0.05, 0.1) is 11.5 Å². The van der Waals surface area contributed by atoms with Crippen molar-refractivity contribution in [1.29, 1.82) is 0 Å². The summed E-state index contributed by atoms with van der Waals surface area (Å²) in [6.45, 7) is 4.28. The molecule has 0 amide bonds. The van der Waals surface area contributed by atoms with Crippen LogP contribution in [0.3, 0.4) is 0 Å². The molecule has 0 fully saturated rings. The van der Waals surface area contributed by atoms with Crippen LogP contribution in [-0.4, -0.2) is 28.7 Å². The average molecular weight is 259 g/mol. The summed E-state index contributed by atoms with van der Waals surface area (Å²) < 4.78 is 33.0. The predicted molar refractivity (Wildman–Crippen MR) is 64.7 cm³/mol. The molecular weight excluding hydrogens is 242 g/mol. The number of methoxy groups -OCH3 is 1. The highest BCUT2D eigenvalue weighted by Gasteiger charge is 2.15. The highest BCUT2D eigenvalue weighted by Crippen LogP contribution is 2.24. The minimum absolute atomic E-state index is 0.164. The quantitative estimate of drug-likeness (QED) is 0.799. The van der Waals surface area contributed by atoms with E-state index >= 15 is 0 Å². The van der Waals surface area contributed by atoms with E-state index < -0.39 is 10.0 Å². The highest BCUT2D eigenvalue weighted by molar-refractivity contribution is 7.89. The van der Waals surface area contributed by atoms with Crippen LogP contribution in [0, 0.1) is 13.8 Å². The molecule has 1 rings (SSSR count). The maximum atomic E-state index is 11.4. The summed E-state index contributed by atoms with van der Waals surface area (Å²) in [5.74, 6) is 0.615. The Morgan fingerprint density at radius 3 is 2.12 bits per heavy atom. The normalized spacial score (nSPS) is 11.5. The number of hydrogen-bond acceptors (Lipinski definition) is 4. The topological polar surface area (TPSA) is 78.6 Å². The molecule has 17 heavy (non-hydrogen) atoms. The third-order valence-corrected chi connectivity index (χ3v) is 3.49. The lowest BCUT2D eigenvalue weighted by molar-refractivity contribution is 0.146. The van der Waals surface area contributed by atoms with Gasteiger partial charge in [0.15, 0.2) is 0 Å². The monoisotopic (exact) mass is 259 g/mol. The van der Waals surface area contributed by atoms with Crippen molar-refractivity contribution < 1.29 is 17.9 Å². The Kier molecular flexibility index (Phi) is 4.50. The standard InChI is InChI=1S/C11H17NO4S/c1-8-6-10(16-5-4-15-3)7-9(2)11(8)17(12,13)14/h6-7H,4-5H2,1-3H3,(H2,12,13,14). The lowest BCUT2D eigenvalue weighted by Crippen LogP contribution is -2.15. The van der Waals surface area contributed by atoms with Gasteiger partial charge in [-0.15, -0.1) is 0 Å². The van der Waals surface area contributed by atoms with Crippen LogP contribution in [0.15, 0.2) is 17.0 Å². The molecule has 0 aliphatic heterocycles. The summed E-state index contributed by atoms with van der Waals surface area (Å²) in [6.07, 6.45) is 0. The molecule has 0 spiro atoms. The summed E-state index contributed by atoms with van der Waals surface area (Å²) in [7, 11) is -2.10. The third-order valence-electron chi connectivity index (χ3n) is 2.27. The van der Waals surface area contributed by atoms with Gasteiger partial charge in [-0.05, 0) is 37.1 Å². The van der Waals surface area contributed by atoms with Gasteiger partial charge in [0.1, 0.15) is 12.4 Å². The van der Waals surface area contributed by atoms with Crippen molar-refractivity contribution in [3.63, 3.8) is 0 Å². The van der Waals surface area contributed by atoms with E-state index in [9.17, 15) is 8.42 Å². The van der Waals surface area contributed by atoms with Crippen molar-refractivity contribution in [3.8, 4) is 5.75 Å². The van der Waals surface area contributed by atoms with E-state index in [4.69, 9.17) is 14.6 Å². The summed E-state index contributed by atoms with van der Waals surface area (Å²) in [5.41, 5.74) is 1.17. The number of benzene rings is 1. The van der Waals surface area contributed by atoms with Crippen LogP contribution in [0.1, 0.15) is 11.1 Å². The van der Waals surface area contributed by atoms with E-state index in [1.165, 1.54) is 0 Å². The second-order valence-corrected chi connectivity index (χ2v) is 5.27. The van der Waals surface area contributed by atoms with Crippen molar-refractivity contribution >= 4 is 10.0 Å². The number of hydrogen-bond donors (Lipinski definition) is 1. The molecule has 0 heterocycles. The predicted octanol–water partition coefficient (Wildman–Crippen LogP) is 0.976. The molecule has 0 atom stereocenters. The summed E-state index contributed by atoms with van der Waals surface area (Å²) in [6, 6.07) is 3.31. The Hall–Kier alpha value is -1.11. The van der Waals surface area contributed by atoms with Crippen LogP contribution in [0.5, 0.6) is 5.75 Å². The molecule has 0 unspecified atom stereocenters. The van der Waals surface area contributed by atoms with Crippen molar-refractivity contribution in [2.75, 3.05) is 20.3 Å². The zero-order valence-corrected chi connectivity index (χ0v) is 11.0. The first-order valence-corrected chi connectivity index (χ1v) is 6.66. The molecule has 0 radical (unpaired) electrons. The van der Waals surface area contributed by atoms with Crippen LogP contribution in [0.4, 0.5) is 0 Å². The number of nitrogens with two attached hydrogens (primary N) is 1. The number of rotatable bonds is 5. The molecular formula is C11H17NO4S. The number of primary sulfonamides is 1. The van der Waals surface area contributed by atoms with E-state index in [0.29, 0.717) is 30.1 Å². The fourth-order valence-corrected chi connectivity index (χ4v) is 2.70. The first-order valence-electron chi connectivity index (χ1n) is 5.12. The van der Waals surface area contributed by atoms with Crippen molar-refractivity contribution in [1.82, 2.24) is 0 Å². The van der Waals surface area contributed by atoms with Crippen LogP contribution in [-0.2, 0) is 14.8 Å². The molecule has 2 N–H and O–H groups in total. The maximum Gasteiger partial charge on any atom is 0.238 e. The second kappa shape index (κ2) is 5.48. The maximum absolute atomic E-state index is 11.4. The zero-order chi connectivity index (χ0) is 13.1. The van der Waals surface area contributed by atoms with Gasteiger partial charge in [-0.3, -0.25) is 0 Å². The van der Waals surface area contributed by atoms with Gasteiger partial charge in [0, 0.05) is 7.11 Å². The first kappa shape index (κ1) is 14.0. The number of ether oxygens (including phenoxy) is 2. The molecule has 6 heteroatoms. The smallest absolute Gasteiger partial charge is 0.238 e. The van der Waals surface area contributed by atoms with Gasteiger partial charge < -0.3 is 9.47 Å². The summed E-state index contributed by atoms with van der Waals surface area (Å²) in [5, 5.41) is 5.14. The SMILES string of the molecule is COCCOc1cc(C)c(S(N)(=O)=O)c(C)c1. The Bertz CT molecular complexity index is 473. The van der Waals surface area contributed by atoms with Gasteiger partial charge >= 0.3 is 0 Å². The average Bonchev–Trinajstić information content (AvgIpc) is 2.14. The van der Waals surface area contributed by atoms with Gasteiger partial charge in [-0.1, -0.05) is 0 Å². The first-order chi connectivity index (χ1) is 7.86. The van der Waals surface area contributed by atoms with E-state index in [1.54, 1.807) is 33.1 Å². The molecule has 1 aromatic carbocycles. The summed E-state index contributed by atoms with van der Waals surface area (Å²) >= 11 is 0. The minimum atomic E-state index is -3.69. The van der Waals surface area contributed by atoms with Crippen LogP contribution in [0.2, 0.25) is 0 Å². The lowest BCUT2D eigenvalue weighted by Gasteiger charge is -2.11. The molecule has 96 valence electrons. The van der Waals surface area contributed by atoms with Crippen LogP contribution < -0.4 is 9.88 Å². The summed E-state index contributed by atoms with van der Waals surface area (Å²) in [4.78, 5) is 0.164. The van der Waals surface area contributed by atoms with Crippen molar-refractivity contribution in [2.24, 2.45) is 5.14 Å². The Morgan fingerprint density at radius 1 is 1.18 bits per heavy atom. The van der Waals surface area contributed by atoms with E-state index in [2.05, 4.69) is 0 Å². The minimum Gasteiger partial charge on any atom is -0.491 e. The van der Waals surface area contributed by atoms with E-state index in [1.807, 2.05) is 0 Å². The highest BCUT2D eigenvalue weighted by atomic mass is 32.2. The van der Waals surface area contributed by atoms with Gasteiger partial charge in [-0.2, -0.15) is 0 Å². The van der Waals surface area contributed by atoms with E-state index in [-0.39, 0.29) is 4.90 Å². The molecule has 0 saturated heterocycles. The largest absolute Gasteiger partial charge is 0.491 e. The third kappa shape index (κ3) is 3.69. The van der Waals surface area contributed by atoms with E-state index in [0.717, 1.165) is 0 Å². The zero-order valence-electron chi connectivity index (χ0n) is 10.2. The van der Waals surface area contributed by atoms with Gasteiger partial charge in [-0.25, -0.2) is 13.6 Å². The Morgan fingerprint density at radius 2 is 1.71 bits per heavy atom. The second-order valence-electron chi connectivity index (χ2n) is 3.77. The molecule has 0 saturated carbocycles. The molecule has 1 aromatic rings. The number of aryl methyl sites for hydroxylation is 2. The van der Waals surface area contributed by atoms with Crippen molar-refractivity contribution in [2.45, 2.75) is 18.7 Å². The lowest BCUT2D eigenvalue weighted by atomic mass is 10.1. The van der Waals surface area contributed by atoms with Gasteiger partial charge in [0.25, 0.3) is 0 Å². The Balaban J connectivity index is 3.02. The molecule has 5 nitrogen and oxygen atoms in total. The molecule has 0 aliphatic carbocycles. The molecule has 0 aliphatic rings. The van der Waals surface area contributed by atoms with Crippen LogP contribution >= 0.6 is 0 Å². The van der Waals surface area contributed by atoms with Crippen LogP contribution in [0.25, 0.3) is 0 Å². The molecule has 0 bridgehead atoms. The molecule has 0 aromatic heterocycles. The van der Waals surface area contributed by atoms with Crippen molar-refractivity contribution in [3.05, 3.63) is 23.3 Å².